The number of esters is 2. The molecule has 2 aromatic rings. The van der Waals surface area contributed by atoms with Crippen LogP contribution in [0.1, 0.15) is 0 Å². The van der Waals surface area contributed by atoms with E-state index in [1.54, 1.807) is 36.7 Å². The zero-order valence-corrected chi connectivity index (χ0v) is 10.3. The zero-order chi connectivity index (χ0) is 14.2. The number of carbonyl (C=O) groups excluding carboxylic acids is 2. The molecule has 0 unspecified atom stereocenters. The summed E-state index contributed by atoms with van der Waals surface area (Å²) >= 11 is 0. The Kier molecular flexibility index (Phi) is 4.55. The summed E-state index contributed by atoms with van der Waals surface area (Å²) in [4.78, 5) is 30.4. The Hall–Kier alpha value is -3.02. The smallest absolute Gasteiger partial charge is 0.336 e. The topological polar surface area (TPSA) is 78.4 Å². The molecule has 6 heteroatoms. The molecule has 0 aliphatic rings. The molecule has 0 aliphatic carbocycles. The molecule has 6 nitrogen and oxygen atoms in total. The van der Waals surface area contributed by atoms with E-state index in [1.165, 1.54) is 12.4 Å². The highest BCUT2D eigenvalue weighted by Crippen LogP contribution is 2.08. The fourth-order valence-corrected chi connectivity index (χ4v) is 1.25. The Morgan fingerprint density at radius 2 is 1.30 bits per heavy atom. The second-order valence-electron chi connectivity index (χ2n) is 3.55. The van der Waals surface area contributed by atoms with Gasteiger partial charge in [-0.25, -0.2) is 9.59 Å². The first-order valence-electron chi connectivity index (χ1n) is 5.66. The summed E-state index contributed by atoms with van der Waals surface area (Å²) in [7, 11) is 0. The van der Waals surface area contributed by atoms with Crippen LogP contribution in [0.3, 0.4) is 0 Å². The van der Waals surface area contributed by atoms with Crippen molar-refractivity contribution < 1.29 is 19.1 Å². The van der Waals surface area contributed by atoms with Gasteiger partial charge in [0.05, 0.1) is 12.4 Å². The predicted octanol–water partition coefficient (Wildman–Crippen LogP) is 1.54. The first kappa shape index (κ1) is 13.4. The van der Waals surface area contributed by atoms with E-state index >= 15 is 0 Å². The Morgan fingerprint density at radius 3 is 1.65 bits per heavy atom. The van der Waals surface area contributed by atoms with E-state index in [9.17, 15) is 9.59 Å². The van der Waals surface area contributed by atoms with E-state index in [2.05, 4.69) is 9.97 Å². The van der Waals surface area contributed by atoms with Crippen LogP contribution in [0.25, 0.3) is 0 Å². The van der Waals surface area contributed by atoms with Crippen molar-refractivity contribution >= 4 is 11.9 Å². The number of ether oxygens (including phenoxy) is 2. The molecule has 0 fully saturated rings. The van der Waals surface area contributed by atoms with Crippen LogP contribution in [-0.2, 0) is 9.59 Å². The summed E-state index contributed by atoms with van der Waals surface area (Å²) in [5, 5.41) is 0. The molecule has 0 spiro atoms. The molecule has 0 aliphatic heterocycles. The highest BCUT2D eigenvalue weighted by Gasteiger charge is 2.03. The maximum Gasteiger partial charge on any atom is 0.336 e. The van der Waals surface area contributed by atoms with E-state index < -0.39 is 11.9 Å². The van der Waals surface area contributed by atoms with Gasteiger partial charge in [-0.3, -0.25) is 9.97 Å². The molecule has 0 bridgehead atoms. The monoisotopic (exact) mass is 270 g/mol. The van der Waals surface area contributed by atoms with Gasteiger partial charge in [0.15, 0.2) is 0 Å². The van der Waals surface area contributed by atoms with Crippen LogP contribution >= 0.6 is 0 Å². The van der Waals surface area contributed by atoms with Crippen LogP contribution < -0.4 is 9.47 Å². The van der Waals surface area contributed by atoms with Gasteiger partial charge in [-0.1, -0.05) is 0 Å². The molecule has 0 atom stereocenters. The van der Waals surface area contributed by atoms with Crippen LogP contribution in [0.5, 0.6) is 11.5 Å². The second kappa shape index (κ2) is 6.79. The lowest BCUT2D eigenvalue weighted by molar-refractivity contribution is -0.131. The van der Waals surface area contributed by atoms with Crippen LogP contribution in [-0.4, -0.2) is 21.9 Å². The number of aromatic nitrogens is 2. The lowest BCUT2D eigenvalue weighted by atomic mass is 10.4. The summed E-state index contributed by atoms with van der Waals surface area (Å²) < 4.78 is 9.81. The molecule has 2 heterocycles. The minimum absolute atomic E-state index is 0.294. The number of nitrogens with zero attached hydrogens (tertiary/aromatic N) is 2. The molecule has 20 heavy (non-hydrogen) atoms. The van der Waals surface area contributed by atoms with Crippen molar-refractivity contribution in [3.63, 3.8) is 0 Å². The summed E-state index contributed by atoms with van der Waals surface area (Å²) in [6, 6.07) is 6.41. The van der Waals surface area contributed by atoms with Gasteiger partial charge in [0, 0.05) is 24.5 Å². The first-order valence-corrected chi connectivity index (χ1v) is 5.66. The lowest BCUT2D eigenvalue weighted by Crippen LogP contribution is -2.08. The fraction of sp³-hybridized carbons (Fsp3) is 0. The first-order chi connectivity index (χ1) is 9.74. The third kappa shape index (κ3) is 4.34. The fourth-order valence-electron chi connectivity index (χ4n) is 1.25. The normalized spacial score (nSPS) is 10.2. The van der Waals surface area contributed by atoms with Crippen molar-refractivity contribution in [2.75, 3.05) is 0 Å². The van der Waals surface area contributed by atoms with Crippen molar-refractivity contribution in [1.82, 2.24) is 9.97 Å². The number of pyridine rings is 2. The van der Waals surface area contributed by atoms with Crippen LogP contribution in [0.4, 0.5) is 0 Å². The molecule has 0 saturated heterocycles. The van der Waals surface area contributed by atoms with Crippen molar-refractivity contribution in [2.45, 2.75) is 0 Å². The van der Waals surface area contributed by atoms with E-state index in [1.807, 2.05) is 0 Å². The SMILES string of the molecule is O=C(/C=C/C(=O)Oc1cccnc1)Oc1cccnc1. The van der Waals surface area contributed by atoms with Gasteiger partial charge in [-0.15, -0.1) is 0 Å². The zero-order valence-electron chi connectivity index (χ0n) is 10.3. The van der Waals surface area contributed by atoms with Gasteiger partial charge < -0.3 is 9.47 Å². The van der Waals surface area contributed by atoms with Crippen LogP contribution in [0.2, 0.25) is 0 Å². The van der Waals surface area contributed by atoms with Gasteiger partial charge >= 0.3 is 11.9 Å². The Bertz CT molecular complexity index is 556. The van der Waals surface area contributed by atoms with Gasteiger partial charge in [0.2, 0.25) is 0 Å². The average molecular weight is 270 g/mol. The highest BCUT2D eigenvalue weighted by atomic mass is 16.5. The lowest BCUT2D eigenvalue weighted by Gasteiger charge is -2.00. The van der Waals surface area contributed by atoms with Gasteiger partial charge in [0.1, 0.15) is 11.5 Å². The Labute approximate surface area is 114 Å². The summed E-state index contributed by atoms with van der Waals surface area (Å²) in [5.74, 6) is -0.798. The third-order valence-corrected chi connectivity index (χ3v) is 2.06. The van der Waals surface area contributed by atoms with E-state index in [4.69, 9.17) is 9.47 Å². The second-order valence-corrected chi connectivity index (χ2v) is 3.55. The maximum atomic E-state index is 11.4. The number of rotatable bonds is 4. The number of hydrogen-bond donors (Lipinski definition) is 0. The van der Waals surface area contributed by atoms with Crippen molar-refractivity contribution in [3.05, 3.63) is 61.2 Å². The maximum absolute atomic E-state index is 11.4. The molecule has 2 rings (SSSR count). The van der Waals surface area contributed by atoms with E-state index in [-0.39, 0.29) is 0 Å². The molecule has 100 valence electrons. The Balaban J connectivity index is 1.86. The van der Waals surface area contributed by atoms with E-state index in [0.29, 0.717) is 11.5 Å². The summed E-state index contributed by atoms with van der Waals surface area (Å²) in [6.45, 7) is 0. The third-order valence-electron chi connectivity index (χ3n) is 2.06. The number of hydrogen-bond acceptors (Lipinski definition) is 6. The van der Waals surface area contributed by atoms with Gasteiger partial charge in [-0.05, 0) is 24.3 Å². The molecule has 0 N–H and O–H groups in total. The van der Waals surface area contributed by atoms with Crippen LogP contribution in [0, 0.1) is 0 Å². The molecule has 0 amide bonds. The standard InChI is InChI=1S/C14H10N2O4/c17-13(19-11-3-1-7-15-9-11)5-6-14(18)20-12-4-2-8-16-10-12/h1-10H/b6-5+. The van der Waals surface area contributed by atoms with Gasteiger partial charge in [-0.2, -0.15) is 0 Å². The summed E-state index contributed by atoms with van der Waals surface area (Å²) in [6.07, 6.45) is 7.84. The Morgan fingerprint density at radius 1 is 0.850 bits per heavy atom. The highest BCUT2D eigenvalue weighted by molar-refractivity contribution is 5.93. The minimum atomic E-state index is -0.693. The molecule has 2 aromatic heterocycles. The van der Waals surface area contributed by atoms with Crippen molar-refractivity contribution in [3.8, 4) is 11.5 Å². The van der Waals surface area contributed by atoms with Gasteiger partial charge in [0.25, 0.3) is 0 Å². The molecule has 0 aromatic carbocycles. The molecular weight excluding hydrogens is 260 g/mol. The average Bonchev–Trinajstić information content (AvgIpc) is 2.47. The van der Waals surface area contributed by atoms with E-state index in [0.717, 1.165) is 12.2 Å². The molecular formula is C14H10N2O4. The quantitative estimate of drug-likeness (QED) is 0.619. The predicted molar refractivity (Wildman–Crippen MR) is 68.9 cm³/mol. The molecule has 0 saturated carbocycles. The minimum Gasteiger partial charge on any atom is -0.422 e. The van der Waals surface area contributed by atoms with Crippen molar-refractivity contribution in [2.24, 2.45) is 0 Å². The largest absolute Gasteiger partial charge is 0.422 e. The molecule has 0 radical (unpaired) electrons. The van der Waals surface area contributed by atoms with Crippen molar-refractivity contribution in [1.29, 1.82) is 0 Å². The van der Waals surface area contributed by atoms with Crippen LogP contribution in [0.15, 0.2) is 61.2 Å². The number of carbonyl (C=O) groups is 2. The summed E-state index contributed by atoms with van der Waals surface area (Å²) in [5.41, 5.74) is 0.